The molecule has 0 saturated heterocycles. The molecular weight excluding hydrogens is 209 g/mol. The van der Waals surface area contributed by atoms with Crippen LogP contribution in [0.2, 0.25) is 0 Å². The van der Waals surface area contributed by atoms with Crippen molar-refractivity contribution in [1.82, 2.24) is 0 Å². The maximum atomic E-state index is 14.0. The second-order valence-electron chi connectivity index (χ2n) is 3.84. The van der Waals surface area contributed by atoms with Crippen LogP contribution in [0.4, 0.5) is 4.39 Å². The van der Waals surface area contributed by atoms with Gasteiger partial charge in [0.05, 0.1) is 25.9 Å². The molecule has 0 spiro atoms. The van der Waals surface area contributed by atoms with E-state index < -0.39 is 5.67 Å². The standard InChI is InChI=1S/C12H14FNO2/c1-12(2,13)9-5-8(7-14)6-10(15-3)11(9)16-4/h5-6H,1-4H3. The molecule has 4 heteroatoms. The van der Waals surface area contributed by atoms with Crippen LogP contribution in [0.5, 0.6) is 11.5 Å². The first kappa shape index (κ1) is 12.3. The Morgan fingerprint density at radius 3 is 2.25 bits per heavy atom. The van der Waals surface area contributed by atoms with Gasteiger partial charge in [0.25, 0.3) is 0 Å². The third-order valence-electron chi connectivity index (χ3n) is 2.25. The van der Waals surface area contributed by atoms with Crippen molar-refractivity contribution in [2.45, 2.75) is 19.5 Å². The lowest BCUT2D eigenvalue weighted by Crippen LogP contribution is -2.12. The minimum absolute atomic E-state index is 0.311. The minimum Gasteiger partial charge on any atom is -0.493 e. The zero-order valence-corrected chi connectivity index (χ0v) is 9.80. The number of rotatable bonds is 3. The van der Waals surface area contributed by atoms with Crippen molar-refractivity contribution < 1.29 is 13.9 Å². The molecule has 0 N–H and O–H groups in total. The van der Waals surface area contributed by atoms with Crippen LogP contribution in [-0.2, 0) is 5.67 Å². The predicted molar refractivity (Wildman–Crippen MR) is 58.4 cm³/mol. The highest BCUT2D eigenvalue weighted by atomic mass is 19.1. The van der Waals surface area contributed by atoms with Crippen molar-refractivity contribution in [3.8, 4) is 17.6 Å². The second kappa shape index (κ2) is 4.40. The average Bonchev–Trinajstić information content (AvgIpc) is 2.25. The molecule has 0 fully saturated rings. The molecule has 0 aliphatic heterocycles. The van der Waals surface area contributed by atoms with Crippen LogP contribution in [0.1, 0.15) is 25.0 Å². The Morgan fingerprint density at radius 2 is 1.88 bits per heavy atom. The van der Waals surface area contributed by atoms with Crippen molar-refractivity contribution in [3.05, 3.63) is 23.3 Å². The van der Waals surface area contributed by atoms with Crippen LogP contribution in [0.3, 0.4) is 0 Å². The molecule has 0 aliphatic carbocycles. The van der Waals surface area contributed by atoms with Crippen LogP contribution in [0, 0.1) is 11.3 Å². The van der Waals surface area contributed by atoms with Gasteiger partial charge in [-0.1, -0.05) is 0 Å². The number of halogens is 1. The average molecular weight is 223 g/mol. The molecule has 86 valence electrons. The Hall–Kier alpha value is -1.76. The number of hydrogen-bond donors (Lipinski definition) is 0. The molecule has 0 amide bonds. The number of benzene rings is 1. The number of nitriles is 1. The van der Waals surface area contributed by atoms with Gasteiger partial charge in [-0.05, 0) is 19.9 Å². The summed E-state index contributed by atoms with van der Waals surface area (Å²) in [5, 5.41) is 8.84. The van der Waals surface area contributed by atoms with Gasteiger partial charge in [0.2, 0.25) is 0 Å². The molecule has 3 nitrogen and oxygen atoms in total. The SMILES string of the molecule is COc1cc(C#N)cc(C(C)(C)F)c1OC. The molecule has 0 saturated carbocycles. The summed E-state index contributed by atoms with van der Waals surface area (Å²) >= 11 is 0. The minimum atomic E-state index is -1.59. The van der Waals surface area contributed by atoms with E-state index in [0.29, 0.717) is 22.6 Å². The molecule has 0 bridgehead atoms. The molecule has 0 atom stereocenters. The second-order valence-corrected chi connectivity index (χ2v) is 3.84. The van der Waals surface area contributed by atoms with E-state index in [4.69, 9.17) is 14.7 Å². The summed E-state index contributed by atoms with van der Waals surface area (Å²) in [5.41, 5.74) is -0.935. The van der Waals surface area contributed by atoms with Gasteiger partial charge in [-0.2, -0.15) is 5.26 Å². The number of hydrogen-bond acceptors (Lipinski definition) is 3. The molecule has 0 aromatic heterocycles. The Bertz CT molecular complexity index is 430. The summed E-state index contributed by atoms with van der Waals surface area (Å²) in [6.07, 6.45) is 0. The highest BCUT2D eigenvalue weighted by Gasteiger charge is 2.26. The number of methoxy groups -OCH3 is 2. The van der Waals surface area contributed by atoms with E-state index in [1.54, 1.807) is 0 Å². The Morgan fingerprint density at radius 1 is 1.25 bits per heavy atom. The van der Waals surface area contributed by atoms with E-state index in [2.05, 4.69) is 0 Å². The van der Waals surface area contributed by atoms with Gasteiger partial charge in [0.1, 0.15) is 5.67 Å². The van der Waals surface area contributed by atoms with Gasteiger partial charge < -0.3 is 9.47 Å². The van der Waals surface area contributed by atoms with Crippen LogP contribution >= 0.6 is 0 Å². The van der Waals surface area contributed by atoms with E-state index in [1.807, 2.05) is 6.07 Å². The quantitative estimate of drug-likeness (QED) is 0.791. The maximum Gasteiger partial charge on any atom is 0.167 e. The van der Waals surface area contributed by atoms with Crippen LogP contribution < -0.4 is 9.47 Å². The van der Waals surface area contributed by atoms with Gasteiger partial charge >= 0.3 is 0 Å². The van der Waals surface area contributed by atoms with Crippen LogP contribution in [0.25, 0.3) is 0 Å². The summed E-state index contributed by atoms with van der Waals surface area (Å²) < 4.78 is 24.1. The Labute approximate surface area is 94.4 Å². The van der Waals surface area contributed by atoms with Crippen molar-refractivity contribution in [1.29, 1.82) is 5.26 Å². The lowest BCUT2D eigenvalue weighted by molar-refractivity contribution is 0.211. The lowest BCUT2D eigenvalue weighted by Gasteiger charge is -2.20. The summed E-state index contributed by atoms with van der Waals surface area (Å²) in [6.45, 7) is 2.82. The lowest BCUT2D eigenvalue weighted by atomic mass is 9.96. The monoisotopic (exact) mass is 223 g/mol. The summed E-state index contributed by atoms with van der Waals surface area (Å²) in [5.74, 6) is 0.691. The van der Waals surface area contributed by atoms with Gasteiger partial charge in [-0.25, -0.2) is 4.39 Å². The molecule has 0 radical (unpaired) electrons. The zero-order valence-electron chi connectivity index (χ0n) is 9.80. The maximum absolute atomic E-state index is 14.0. The van der Waals surface area contributed by atoms with Gasteiger partial charge in [-0.3, -0.25) is 0 Å². The highest BCUT2D eigenvalue weighted by molar-refractivity contribution is 5.54. The molecular formula is C12H14FNO2. The van der Waals surface area contributed by atoms with E-state index in [1.165, 1.54) is 40.2 Å². The molecule has 1 rings (SSSR count). The number of alkyl halides is 1. The Kier molecular flexibility index (Phi) is 3.38. The fourth-order valence-electron chi connectivity index (χ4n) is 1.47. The third-order valence-corrected chi connectivity index (χ3v) is 2.25. The summed E-state index contributed by atoms with van der Waals surface area (Å²) in [7, 11) is 2.90. The normalized spacial score (nSPS) is 10.8. The summed E-state index contributed by atoms with van der Waals surface area (Å²) in [4.78, 5) is 0. The van der Waals surface area contributed by atoms with Crippen molar-refractivity contribution >= 4 is 0 Å². The molecule has 0 heterocycles. The number of nitrogens with zero attached hydrogens (tertiary/aromatic N) is 1. The summed E-state index contributed by atoms with van der Waals surface area (Å²) in [6, 6.07) is 4.96. The first-order chi connectivity index (χ1) is 7.43. The Balaban J connectivity index is 3.51. The fraction of sp³-hybridized carbons (Fsp3) is 0.417. The fourth-order valence-corrected chi connectivity index (χ4v) is 1.47. The van der Waals surface area contributed by atoms with E-state index in [0.717, 1.165) is 0 Å². The molecule has 0 aliphatic rings. The van der Waals surface area contributed by atoms with E-state index >= 15 is 0 Å². The van der Waals surface area contributed by atoms with Crippen molar-refractivity contribution in [3.63, 3.8) is 0 Å². The van der Waals surface area contributed by atoms with Gasteiger partial charge in [-0.15, -0.1) is 0 Å². The first-order valence-electron chi connectivity index (χ1n) is 4.79. The zero-order chi connectivity index (χ0) is 12.3. The molecule has 16 heavy (non-hydrogen) atoms. The predicted octanol–water partition coefficient (Wildman–Crippen LogP) is 2.78. The van der Waals surface area contributed by atoms with Gasteiger partial charge in [0, 0.05) is 11.6 Å². The molecule has 0 unspecified atom stereocenters. The molecule has 1 aromatic carbocycles. The highest BCUT2D eigenvalue weighted by Crippen LogP contribution is 2.40. The van der Waals surface area contributed by atoms with Crippen LogP contribution in [-0.4, -0.2) is 14.2 Å². The van der Waals surface area contributed by atoms with Crippen molar-refractivity contribution in [2.24, 2.45) is 0 Å². The van der Waals surface area contributed by atoms with E-state index in [9.17, 15) is 4.39 Å². The van der Waals surface area contributed by atoms with Crippen LogP contribution in [0.15, 0.2) is 12.1 Å². The number of ether oxygens (including phenoxy) is 2. The largest absolute Gasteiger partial charge is 0.493 e. The van der Waals surface area contributed by atoms with Crippen molar-refractivity contribution in [2.75, 3.05) is 14.2 Å². The topological polar surface area (TPSA) is 42.2 Å². The smallest absolute Gasteiger partial charge is 0.167 e. The molecule has 1 aromatic rings. The first-order valence-corrected chi connectivity index (χ1v) is 4.79. The third kappa shape index (κ3) is 2.25. The van der Waals surface area contributed by atoms with Gasteiger partial charge in [0.15, 0.2) is 11.5 Å². The van der Waals surface area contributed by atoms with E-state index in [-0.39, 0.29) is 0 Å².